The van der Waals surface area contributed by atoms with Crippen LogP contribution in [0.25, 0.3) is 0 Å². The lowest BCUT2D eigenvalue weighted by Crippen LogP contribution is -2.48. The molecule has 0 spiro atoms. The molecule has 7 heteroatoms. The van der Waals surface area contributed by atoms with Gasteiger partial charge in [0.15, 0.2) is 0 Å². The number of benzene rings is 3. The SMILES string of the molecule is CCCc1cccc(CNC[C@@H](O)[C@H](Cc2ccccc2)NC(=O)c2cccc(C(=O)N(C)Cc3ccccn3)c2)c1. The highest BCUT2D eigenvalue weighted by atomic mass is 16.3. The summed E-state index contributed by atoms with van der Waals surface area (Å²) in [5, 5.41) is 17.6. The number of carbonyl (C=O) groups excluding carboxylic acids is 2. The minimum absolute atomic E-state index is 0.205. The smallest absolute Gasteiger partial charge is 0.253 e. The van der Waals surface area contributed by atoms with Crippen LogP contribution in [0.2, 0.25) is 0 Å². The Hall–Kier alpha value is -4.33. The summed E-state index contributed by atoms with van der Waals surface area (Å²) in [6.07, 6.45) is 3.46. The molecule has 218 valence electrons. The number of nitrogens with zero attached hydrogens (tertiary/aromatic N) is 2. The van der Waals surface area contributed by atoms with Gasteiger partial charge in [-0.25, -0.2) is 0 Å². The lowest BCUT2D eigenvalue weighted by molar-refractivity contribution is 0.0783. The fraction of sp³-hybridized carbons (Fsp3) is 0.286. The van der Waals surface area contributed by atoms with Gasteiger partial charge >= 0.3 is 0 Å². The van der Waals surface area contributed by atoms with E-state index >= 15 is 0 Å². The van der Waals surface area contributed by atoms with Gasteiger partial charge in [0.2, 0.25) is 0 Å². The van der Waals surface area contributed by atoms with E-state index in [0.717, 1.165) is 29.7 Å². The number of rotatable bonds is 14. The molecule has 42 heavy (non-hydrogen) atoms. The number of aliphatic hydroxyl groups is 1. The molecule has 0 unspecified atom stereocenters. The van der Waals surface area contributed by atoms with Crippen LogP contribution in [0.4, 0.5) is 0 Å². The second-order valence-electron chi connectivity index (χ2n) is 10.6. The van der Waals surface area contributed by atoms with Gasteiger partial charge in [-0.3, -0.25) is 14.6 Å². The molecule has 4 aromatic rings. The van der Waals surface area contributed by atoms with Crippen molar-refractivity contribution >= 4 is 11.8 Å². The zero-order valence-electron chi connectivity index (χ0n) is 24.4. The number of nitrogens with one attached hydrogen (secondary N) is 2. The van der Waals surface area contributed by atoms with Crippen molar-refractivity contribution in [2.24, 2.45) is 0 Å². The van der Waals surface area contributed by atoms with Crippen molar-refractivity contribution < 1.29 is 14.7 Å². The first-order valence-corrected chi connectivity index (χ1v) is 14.5. The minimum Gasteiger partial charge on any atom is -0.390 e. The van der Waals surface area contributed by atoms with E-state index in [1.807, 2.05) is 48.5 Å². The van der Waals surface area contributed by atoms with E-state index in [1.54, 1.807) is 42.4 Å². The highest BCUT2D eigenvalue weighted by Gasteiger charge is 2.23. The van der Waals surface area contributed by atoms with Crippen LogP contribution in [-0.2, 0) is 25.9 Å². The molecule has 0 aliphatic heterocycles. The van der Waals surface area contributed by atoms with Crippen LogP contribution in [-0.4, -0.2) is 52.5 Å². The fourth-order valence-corrected chi connectivity index (χ4v) is 4.91. The van der Waals surface area contributed by atoms with E-state index in [4.69, 9.17) is 0 Å². The van der Waals surface area contributed by atoms with E-state index in [9.17, 15) is 14.7 Å². The van der Waals surface area contributed by atoms with Gasteiger partial charge < -0.3 is 20.6 Å². The summed E-state index contributed by atoms with van der Waals surface area (Å²) in [6, 6.07) is 30.0. The largest absolute Gasteiger partial charge is 0.390 e. The van der Waals surface area contributed by atoms with Crippen molar-refractivity contribution in [3.8, 4) is 0 Å². The van der Waals surface area contributed by atoms with Crippen LogP contribution < -0.4 is 10.6 Å². The Morgan fingerprint density at radius 1 is 0.857 bits per heavy atom. The van der Waals surface area contributed by atoms with Crippen LogP contribution in [0.1, 0.15) is 56.4 Å². The average molecular weight is 565 g/mol. The highest BCUT2D eigenvalue weighted by molar-refractivity contribution is 5.99. The van der Waals surface area contributed by atoms with E-state index < -0.39 is 12.1 Å². The molecule has 1 heterocycles. The van der Waals surface area contributed by atoms with Gasteiger partial charge in [0.25, 0.3) is 11.8 Å². The summed E-state index contributed by atoms with van der Waals surface area (Å²) in [5.41, 5.74) is 5.02. The van der Waals surface area contributed by atoms with Gasteiger partial charge in [0.1, 0.15) is 0 Å². The van der Waals surface area contributed by atoms with Crippen LogP contribution in [0.5, 0.6) is 0 Å². The second kappa shape index (κ2) is 15.6. The Balaban J connectivity index is 1.42. The number of hydrogen-bond acceptors (Lipinski definition) is 5. The Kier molecular flexibility index (Phi) is 11.4. The normalized spacial score (nSPS) is 12.4. The van der Waals surface area contributed by atoms with E-state index in [0.29, 0.717) is 37.2 Å². The lowest BCUT2D eigenvalue weighted by Gasteiger charge is -2.25. The molecule has 0 bridgehead atoms. The topological polar surface area (TPSA) is 94.6 Å². The molecule has 0 fully saturated rings. The number of hydrogen-bond donors (Lipinski definition) is 3. The molecule has 0 aliphatic rings. The van der Waals surface area contributed by atoms with E-state index in [-0.39, 0.29) is 11.8 Å². The predicted octanol–water partition coefficient (Wildman–Crippen LogP) is 4.80. The van der Waals surface area contributed by atoms with Crippen LogP contribution in [0.15, 0.2) is 103 Å². The first kappa shape index (κ1) is 30.6. The van der Waals surface area contributed by atoms with Crippen LogP contribution in [0.3, 0.4) is 0 Å². The summed E-state index contributed by atoms with van der Waals surface area (Å²) in [5.74, 6) is -0.548. The number of aliphatic hydroxyl groups excluding tert-OH is 1. The number of carbonyl (C=O) groups is 2. The monoisotopic (exact) mass is 564 g/mol. The molecule has 2 atom stereocenters. The molecule has 1 aromatic heterocycles. The van der Waals surface area contributed by atoms with Gasteiger partial charge in [-0.15, -0.1) is 0 Å². The molecule has 2 amide bonds. The molecular weight excluding hydrogens is 524 g/mol. The summed E-state index contributed by atoms with van der Waals surface area (Å²) < 4.78 is 0. The van der Waals surface area contributed by atoms with Gasteiger partial charge in [-0.2, -0.15) is 0 Å². The lowest BCUT2D eigenvalue weighted by atomic mass is 10.00. The number of aryl methyl sites for hydroxylation is 1. The Morgan fingerprint density at radius 3 is 2.33 bits per heavy atom. The predicted molar refractivity (Wildman–Crippen MR) is 166 cm³/mol. The maximum absolute atomic E-state index is 13.4. The Morgan fingerprint density at radius 2 is 1.57 bits per heavy atom. The molecule has 0 aliphatic carbocycles. The van der Waals surface area contributed by atoms with Gasteiger partial charge in [0.05, 0.1) is 24.4 Å². The summed E-state index contributed by atoms with van der Waals surface area (Å²) in [4.78, 5) is 32.4. The summed E-state index contributed by atoms with van der Waals surface area (Å²) in [7, 11) is 1.71. The molecule has 7 nitrogen and oxygen atoms in total. The molecule has 0 radical (unpaired) electrons. The van der Waals surface area contributed by atoms with Crippen molar-refractivity contribution in [1.82, 2.24) is 20.5 Å². The summed E-state index contributed by atoms with van der Waals surface area (Å²) in [6.45, 7) is 3.46. The van der Waals surface area contributed by atoms with Gasteiger partial charge in [0, 0.05) is 37.5 Å². The third-order valence-electron chi connectivity index (χ3n) is 7.14. The third-order valence-corrected chi connectivity index (χ3v) is 7.14. The number of pyridine rings is 1. The molecular formula is C35H40N4O3. The van der Waals surface area contributed by atoms with Crippen LogP contribution >= 0.6 is 0 Å². The molecule has 0 saturated heterocycles. The Labute approximate surface area is 248 Å². The zero-order valence-corrected chi connectivity index (χ0v) is 24.4. The standard InChI is InChI=1S/C35H40N4O3/c1-3-11-26-14-9-15-28(20-26)23-36-24-33(40)32(21-27-12-5-4-6-13-27)38-34(41)29-16-10-17-30(22-29)35(42)39(2)25-31-18-7-8-19-37-31/h4-10,12-20,22,32-33,36,40H,3,11,21,23-25H2,1-2H3,(H,38,41)/t32-,33+/m0/s1. The van der Waals surface area contributed by atoms with E-state index in [1.165, 1.54) is 5.56 Å². The van der Waals surface area contributed by atoms with Gasteiger partial charge in [-0.05, 0) is 59.9 Å². The maximum Gasteiger partial charge on any atom is 0.253 e. The number of amides is 2. The average Bonchev–Trinajstić information content (AvgIpc) is 3.01. The maximum atomic E-state index is 13.4. The van der Waals surface area contributed by atoms with Crippen molar-refractivity contribution in [2.45, 2.75) is 51.4 Å². The number of aromatic nitrogens is 1. The second-order valence-corrected chi connectivity index (χ2v) is 10.6. The third kappa shape index (κ3) is 9.09. The molecule has 0 saturated carbocycles. The Bertz CT molecular complexity index is 1430. The highest BCUT2D eigenvalue weighted by Crippen LogP contribution is 2.13. The molecule has 3 aromatic carbocycles. The zero-order chi connectivity index (χ0) is 29.7. The van der Waals surface area contributed by atoms with Gasteiger partial charge in [-0.1, -0.05) is 80.1 Å². The van der Waals surface area contributed by atoms with Crippen molar-refractivity contribution in [2.75, 3.05) is 13.6 Å². The van der Waals surface area contributed by atoms with Crippen molar-refractivity contribution in [1.29, 1.82) is 0 Å². The minimum atomic E-state index is -0.831. The molecule has 4 rings (SSSR count). The summed E-state index contributed by atoms with van der Waals surface area (Å²) >= 11 is 0. The first-order chi connectivity index (χ1) is 20.4. The van der Waals surface area contributed by atoms with Crippen LogP contribution in [0, 0.1) is 0 Å². The first-order valence-electron chi connectivity index (χ1n) is 14.5. The van der Waals surface area contributed by atoms with E-state index in [2.05, 4.69) is 46.8 Å². The molecule has 3 N–H and O–H groups in total. The van der Waals surface area contributed by atoms with Crippen molar-refractivity contribution in [3.05, 3.63) is 137 Å². The quantitative estimate of drug-likeness (QED) is 0.205. The fourth-order valence-electron chi connectivity index (χ4n) is 4.91. The van der Waals surface area contributed by atoms with Crippen molar-refractivity contribution in [3.63, 3.8) is 0 Å².